The molecule has 32 heavy (non-hydrogen) atoms. The van der Waals surface area contributed by atoms with Crippen molar-refractivity contribution in [1.82, 2.24) is 24.5 Å². The SMILES string of the molecule is CCN(C(=O)COC(=O)CCc1c(C)nc2nc(C(F)(F)F)nn2c1C)C1CCCCC1. The fraction of sp³-hybridized carbons (Fsp3) is 0.667. The second-order valence-electron chi connectivity index (χ2n) is 8.04. The number of amides is 1. The molecule has 0 aromatic carbocycles. The lowest BCUT2D eigenvalue weighted by Crippen LogP contribution is -2.43. The molecule has 0 N–H and O–H groups in total. The zero-order valence-electron chi connectivity index (χ0n) is 18.5. The number of ether oxygens (including phenoxy) is 1. The number of aryl methyl sites for hydroxylation is 2. The van der Waals surface area contributed by atoms with E-state index in [2.05, 4.69) is 15.1 Å². The molecule has 1 aliphatic carbocycles. The highest BCUT2D eigenvalue weighted by Crippen LogP contribution is 2.27. The number of halogens is 3. The van der Waals surface area contributed by atoms with Gasteiger partial charge in [0.15, 0.2) is 6.61 Å². The average Bonchev–Trinajstić information content (AvgIpc) is 3.18. The molecule has 176 valence electrons. The summed E-state index contributed by atoms with van der Waals surface area (Å²) in [5.74, 6) is -2.16. The van der Waals surface area contributed by atoms with Gasteiger partial charge in [0.25, 0.3) is 17.5 Å². The summed E-state index contributed by atoms with van der Waals surface area (Å²) in [5.41, 5.74) is 1.49. The van der Waals surface area contributed by atoms with Gasteiger partial charge in [-0.15, -0.1) is 5.10 Å². The number of likely N-dealkylation sites (N-methyl/N-ethyl adjacent to an activating group) is 1. The van der Waals surface area contributed by atoms with Gasteiger partial charge in [0.1, 0.15) is 0 Å². The van der Waals surface area contributed by atoms with Gasteiger partial charge in [-0.25, -0.2) is 9.50 Å². The lowest BCUT2D eigenvalue weighted by Gasteiger charge is -2.33. The van der Waals surface area contributed by atoms with Gasteiger partial charge in [0.05, 0.1) is 0 Å². The van der Waals surface area contributed by atoms with Crippen molar-refractivity contribution in [3.05, 3.63) is 22.8 Å². The molecular formula is C21H28F3N5O3. The third kappa shape index (κ3) is 5.36. The van der Waals surface area contributed by atoms with Crippen molar-refractivity contribution in [2.24, 2.45) is 0 Å². The van der Waals surface area contributed by atoms with Crippen LogP contribution in [0.5, 0.6) is 0 Å². The van der Waals surface area contributed by atoms with E-state index in [1.54, 1.807) is 18.7 Å². The lowest BCUT2D eigenvalue weighted by atomic mass is 9.94. The summed E-state index contributed by atoms with van der Waals surface area (Å²) in [6, 6.07) is 0.201. The Hall–Kier alpha value is -2.72. The molecule has 1 fully saturated rings. The maximum atomic E-state index is 12.9. The molecule has 11 heteroatoms. The van der Waals surface area contributed by atoms with E-state index < -0.39 is 18.0 Å². The number of alkyl halides is 3. The maximum Gasteiger partial charge on any atom is 0.453 e. The molecule has 2 aromatic rings. The first kappa shape index (κ1) is 23.9. The molecule has 2 heterocycles. The number of hydrogen-bond acceptors (Lipinski definition) is 6. The van der Waals surface area contributed by atoms with Crippen molar-refractivity contribution in [2.45, 2.75) is 77.9 Å². The second-order valence-corrected chi connectivity index (χ2v) is 8.04. The van der Waals surface area contributed by atoms with Crippen LogP contribution in [0.1, 0.15) is 68.2 Å². The summed E-state index contributed by atoms with van der Waals surface area (Å²) in [7, 11) is 0. The van der Waals surface area contributed by atoms with Gasteiger partial charge >= 0.3 is 12.1 Å². The van der Waals surface area contributed by atoms with Crippen LogP contribution in [-0.2, 0) is 26.9 Å². The highest BCUT2D eigenvalue weighted by atomic mass is 19.4. The van der Waals surface area contributed by atoms with Gasteiger partial charge in [0.2, 0.25) is 0 Å². The van der Waals surface area contributed by atoms with Crippen LogP contribution in [0.4, 0.5) is 13.2 Å². The first-order valence-electron chi connectivity index (χ1n) is 10.9. The Morgan fingerprint density at radius 2 is 1.84 bits per heavy atom. The number of nitrogens with zero attached hydrogens (tertiary/aromatic N) is 5. The summed E-state index contributed by atoms with van der Waals surface area (Å²) in [6.45, 7) is 5.42. The number of fused-ring (bicyclic) bond motifs is 1. The molecule has 1 amide bonds. The number of carbonyl (C=O) groups is 2. The first-order valence-corrected chi connectivity index (χ1v) is 10.9. The van der Waals surface area contributed by atoms with Gasteiger partial charge in [-0.2, -0.15) is 18.2 Å². The zero-order valence-corrected chi connectivity index (χ0v) is 18.5. The number of rotatable bonds is 7. The van der Waals surface area contributed by atoms with Crippen LogP contribution in [0, 0.1) is 13.8 Å². The predicted molar refractivity (Wildman–Crippen MR) is 109 cm³/mol. The van der Waals surface area contributed by atoms with Gasteiger partial charge in [-0.3, -0.25) is 9.59 Å². The summed E-state index contributed by atoms with van der Waals surface area (Å²) < 4.78 is 44.9. The molecular weight excluding hydrogens is 427 g/mol. The quantitative estimate of drug-likeness (QED) is 0.595. The maximum absolute atomic E-state index is 12.9. The Morgan fingerprint density at radius 3 is 2.47 bits per heavy atom. The van der Waals surface area contributed by atoms with Crippen LogP contribution in [-0.4, -0.2) is 55.6 Å². The number of carbonyl (C=O) groups excluding carboxylic acids is 2. The fourth-order valence-electron chi connectivity index (χ4n) is 4.25. The topological polar surface area (TPSA) is 89.7 Å². The minimum Gasteiger partial charge on any atom is -0.456 e. The third-order valence-corrected chi connectivity index (χ3v) is 5.91. The molecule has 8 nitrogen and oxygen atoms in total. The predicted octanol–water partition coefficient (Wildman–Crippen LogP) is 3.42. The van der Waals surface area contributed by atoms with E-state index in [-0.39, 0.29) is 37.2 Å². The fourth-order valence-corrected chi connectivity index (χ4v) is 4.25. The van der Waals surface area contributed by atoms with Crippen molar-refractivity contribution in [1.29, 1.82) is 0 Å². The molecule has 0 saturated heterocycles. The minimum atomic E-state index is -4.67. The molecule has 3 rings (SSSR count). The normalized spacial score (nSPS) is 15.2. The minimum absolute atomic E-state index is 0.0292. The molecule has 0 radical (unpaired) electrons. The standard InChI is InChI=1S/C21H28F3N5O3/c1-4-28(15-8-6-5-7-9-15)17(30)12-32-18(31)11-10-16-13(2)25-20-26-19(21(22,23)24)27-29(20)14(16)3/h15H,4-12H2,1-3H3. The van der Waals surface area contributed by atoms with E-state index in [1.807, 2.05) is 6.92 Å². The van der Waals surface area contributed by atoms with Gasteiger partial charge in [0, 0.05) is 30.4 Å². The van der Waals surface area contributed by atoms with E-state index in [9.17, 15) is 22.8 Å². The Morgan fingerprint density at radius 1 is 1.16 bits per heavy atom. The van der Waals surface area contributed by atoms with Gasteiger partial charge in [-0.1, -0.05) is 19.3 Å². The monoisotopic (exact) mass is 455 g/mol. The Balaban J connectivity index is 1.60. The Kier molecular flexibility index (Phi) is 7.35. The smallest absolute Gasteiger partial charge is 0.453 e. The van der Waals surface area contributed by atoms with Crippen molar-refractivity contribution in [3.8, 4) is 0 Å². The van der Waals surface area contributed by atoms with E-state index in [4.69, 9.17) is 4.74 Å². The van der Waals surface area contributed by atoms with Gasteiger partial charge < -0.3 is 9.64 Å². The van der Waals surface area contributed by atoms with Crippen LogP contribution in [0.15, 0.2) is 0 Å². The van der Waals surface area contributed by atoms with Crippen molar-refractivity contribution in [2.75, 3.05) is 13.2 Å². The molecule has 2 aromatic heterocycles. The van der Waals surface area contributed by atoms with Crippen molar-refractivity contribution in [3.63, 3.8) is 0 Å². The molecule has 0 aliphatic heterocycles. The van der Waals surface area contributed by atoms with E-state index >= 15 is 0 Å². The summed E-state index contributed by atoms with van der Waals surface area (Å²) in [5, 5.41) is 3.50. The van der Waals surface area contributed by atoms with Crippen LogP contribution < -0.4 is 0 Å². The number of esters is 1. The van der Waals surface area contributed by atoms with Gasteiger partial charge in [-0.05, 0) is 45.6 Å². The third-order valence-electron chi connectivity index (χ3n) is 5.91. The van der Waals surface area contributed by atoms with Crippen LogP contribution in [0.2, 0.25) is 0 Å². The average molecular weight is 455 g/mol. The summed E-state index contributed by atoms with van der Waals surface area (Å²) in [4.78, 5) is 34.1. The van der Waals surface area contributed by atoms with Crippen LogP contribution in [0.3, 0.4) is 0 Å². The lowest BCUT2D eigenvalue weighted by molar-refractivity contribution is -0.153. The van der Waals surface area contributed by atoms with Crippen LogP contribution in [0.25, 0.3) is 5.78 Å². The van der Waals surface area contributed by atoms with Crippen molar-refractivity contribution < 1.29 is 27.5 Å². The van der Waals surface area contributed by atoms with E-state index in [0.717, 1.165) is 30.2 Å². The molecule has 1 aliphatic rings. The molecule has 0 spiro atoms. The molecule has 0 unspecified atom stereocenters. The Bertz CT molecular complexity index is 983. The highest BCUT2D eigenvalue weighted by Gasteiger charge is 2.37. The first-order chi connectivity index (χ1) is 15.1. The highest BCUT2D eigenvalue weighted by molar-refractivity contribution is 5.81. The van der Waals surface area contributed by atoms with Crippen molar-refractivity contribution >= 4 is 17.7 Å². The summed E-state index contributed by atoms with van der Waals surface area (Å²) in [6.07, 6.45) is 0.827. The number of aromatic nitrogens is 4. The molecule has 1 saturated carbocycles. The zero-order chi connectivity index (χ0) is 23.5. The molecule has 0 atom stereocenters. The number of hydrogen-bond donors (Lipinski definition) is 0. The summed E-state index contributed by atoms with van der Waals surface area (Å²) >= 11 is 0. The van der Waals surface area contributed by atoms with E-state index in [1.165, 1.54) is 6.42 Å². The largest absolute Gasteiger partial charge is 0.456 e. The molecule has 0 bridgehead atoms. The second kappa shape index (κ2) is 9.83. The van der Waals surface area contributed by atoms with E-state index in [0.29, 0.717) is 23.5 Å². The Labute approximate surface area is 184 Å². The van der Waals surface area contributed by atoms with Crippen LogP contribution >= 0.6 is 0 Å².